The van der Waals surface area contributed by atoms with Crippen molar-refractivity contribution in [1.82, 2.24) is 4.57 Å². The topological polar surface area (TPSA) is 11.4 Å². The Morgan fingerprint density at radius 1 is 0.368 bits per heavy atom. The lowest BCUT2D eigenvalue weighted by atomic mass is 9.82. The van der Waals surface area contributed by atoms with Crippen LogP contribution in [0.2, 0.25) is 0 Å². The molecule has 12 aromatic rings. The van der Waals surface area contributed by atoms with Crippen LogP contribution in [-0.2, 0) is 5.41 Å². The molecular formula is C65H47N3. The summed E-state index contributed by atoms with van der Waals surface area (Å²) in [5.41, 5.74) is 13.6. The molecule has 1 aliphatic rings. The van der Waals surface area contributed by atoms with Crippen molar-refractivity contribution in [3.63, 3.8) is 0 Å². The number of fused-ring (bicyclic) bond motifs is 8. The SMILES string of the molecule is [2H]c1c([2H])c(N(c2ccccc2)c2ccc3ccccc3c2)c([2H])c([2H])c1-c1cccc2c(N(c3ccc4c(c3)C(C)(C)c3ccccc3-4)c3ccc4c(c3)c3ccccc3n4-c3ccccc3)cccc12. The molecule has 1 aliphatic carbocycles. The monoisotopic (exact) mass is 873 g/mol. The van der Waals surface area contributed by atoms with Gasteiger partial charge < -0.3 is 14.4 Å². The summed E-state index contributed by atoms with van der Waals surface area (Å²) in [5.74, 6) is 0. The third kappa shape index (κ3) is 6.35. The van der Waals surface area contributed by atoms with E-state index < -0.39 is 0 Å². The van der Waals surface area contributed by atoms with Crippen molar-refractivity contribution in [2.24, 2.45) is 0 Å². The Balaban J connectivity index is 1.02. The Kier molecular flexibility index (Phi) is 8.24. The Hall–Kier alpha value is -8.66. The van der Waals surface area contributed by atoms with Crippen molar-refractivity contribution < 1.29 is 5.48 Å². The number of para-hydroxylation sites is 3. The second kappa shape index (κ2) is 15.8. The molecule has 3 heteroatoms. The lowest BCUT2D eigenvalue weighted by Gasteiger charge is -2.29. The van der Waals surface area contributed by atoms with Crippen molar-refractivity contribution in [3.05, 3.63) is 260 Å². The maximum Gasteiger partial charge on any atom is 0.0645 e. The molecule has 0 N–H and O–H groups in total. The standard InChI is InChI=1S/C65H47N3/c1-65(2)60-28-13-11-23-55(60)56-39-37-52(43-61(56)65)67(51-38-40-64-59(42-51)58-24-12-14-29-63(58)68(64)48-21-7-4-8-22-48)62-30-16-26-54-53(25-15-27-57(54)62)45-32-34-49(35-33-45)66(47-19-5-3-6-20-47)50-36-31-44-17-9-10-18-46(44)41-50/h3-43H,1-2H3/i32D,33D,34D,35D. The quantitative estimate of drug-likeness (QED) is 0.151. The molecule has 68 heavy (non-hydrogen) atoms. The van der Waals surface area contributed by atoms with E-state index in [2.05, 4.69) is 157 Å². The minimum atomic E-state index is -0.236. The normalized spacial score (nSPS) is 13.5. The highest BCUT2D eigenvalue weighted by Gasteiger charge is 2.36. The molecule has 1 heterocycles. The molecule has 0 aliphatic heterocycles. The highest BCUT2D eigenvalue weighted by atomic mass is 15.1. The molecule has 0 saturated heterocycles. The van der Waals surface area contributed by atoms with Crippen LogP contribution in [0.1, 0.15) is 30.5 Å². The molecule has 0 amide bonds. The maximum atomic E-state index is 9.78. The third-order valence-electron chi connectivity index (χ3n) is 14.0. The van der Waals surface area contributed by atoms with Crippen LogP contribution in [0.5, 0.6) is 0 Å². The minimum absolute atomic E-state index is 0.108. The second-order valence-corrected chi connectivity index (χ2v) is 18.2. The molecule has 0 atom stereocenters. The Labute approximate surface area is 402 Å². The predicted molar refractivity (Wildman–Crippen MR) is 288 cm³/mol. The molecule has 0 unspecified atom stereocenters. The number of rotatable bonds is 8. The molecule has 3 nitrogen and oxygen atoms in total. The molecule has 0 spiro atoms. The van der Waals surface area contributed by atoms with E-state index in [1.807, 2.05) is 95.9 Å². The van der Waals surface area contributed by atoms with Gasteiger partial charge in [0.2, 0.25) is 0 Å². The van der Waals surface area contributed by atoms with Crippen molar-refractivity contribution in [3.8, 4) is 27.9 Å². The average molecular weight is 874 g/mol. The van der Waals surface area contributed by atoms with Gasteiger partial charge >= 0.3 is 0 Å². The first-order chi connectivity index (χ1) is 35.2. The smallest absolute Gasteiger partial charge is 0.0645 e. The molecule has 0 saturated carbocycles. The maximum absolute atomic E-state index is 9.78. The number of nitrogens with zero attached hydrogens (tertiary/aromatic N) is 3. The summed E-state index contributed by atoms with van der Waals surface area (Å²) < 4.78 is 41.4. The zero-order valence-corrected chi connectivity index (χ0v) is 37.7. The number of aromatic nitrogens is 1. The van der Waals surface area contributed by atoms with Gasteiger partial charge in [-0.25, -0.2) is 0 Å². The van der Waals surface area contributed by atoms with Crippen molar-refractivity contribution in [2.75, 3.05) is 9.80 Å². The summed E-state index contributed by atoms with van der Waals surface area (Å²) in [5, 5.41) is 6.09. The Morgan fingerprint density at radius 2 is 0.971 bits per heavy atom. The van der Waals surface area contributed by atoms with E-state index in [0.29, 0.717) is 5.56 Å². The first-order valence-corrected chi connectivity index (χ1v) is 23.3. The fraction of sp³-hybridized carbons (Fsp3) is 0.0462. The van der Waals surface area contributed by atoms with Gasteiger partial charge in [0.05, 0.1) is 22.2 Å². The van der Waals surface area contributed by atoms with Gasteiger partial charge in [-0.1, -0.05) is 172 Å². The van der Waals surface area contributed by atoms with Gasteiger partial charge in [-0.15, -0.1) is 0 Å². The number of hydrogen-bond acceptors (Lipinski definition) is 2. The van der Waals surface area contributed by atoms with Crippen molar-refractivity contribution in [1.29, 1.82) is 0 Å². The molecule has 322 valence electrons. The van der Waals surface area contributed by atoms with Crippen LogP contribution in [0.25, 0.3) is 71.3 Å². The molecule has 13 rings (SSSR count). The molecular weight excluding hydrogens is 823 g/mol. The fourth-order valence-electron chi connectivity index (χ4n) is 10.8. The van der Waals surface area contributed by atoms with E-state index in [1.165, 1.54) is 22.3 Å². The van der Waals surface area contributed by atoms with E-state index in [-0.39, 0.29) is 40.8 Å². The van der Waals surface area contributed by atoms with E-state index in [9.17, 15) is 5.48 Å². The summed E-state index contributed by atoms with van der Waals surface area (Å²) in [6, 6.07) is 77.0. The van der Waals surface area contributed by atoms with Crippen molar-refractivity contribution >= 4 is 77.5 Å². The van der Waals surface area contributed by atoms with Crippen LogP contribution in [0.4, 0.5) is 34.1 Å². The molecule has 11 aromatic carbocycles. The third-order valence-corrected chi connectivity index (χ3v) is 14.0. The number of benzene rings is 11. The second-order valence-electron chi connectivity index (χ2n) is 18.2. The Bertz CT molecular complexity index is 4110. The summed E-state index contributed by atoms with van der Waals surface area (Å²) in [4.78, 5) is 4.19. The first kappa shape index (κ1) is 35.6. The van der Waals surface area contributed by atoms with Crippen LogP contribution >= 0.6 is 0 Å². The van der Waals surface area contributed by atoms with E-state index >= 15 is 0 Å². The minimum Gasteiger partial charge on any atom is -0.310 e. The van der Waals surface area contributed by atoms with E-state index in [0.717, 1.165) is 77.5 Å². The molecule has 0 radical (unpaired) electrons. The van der Waals surface area contributed by atoms with Crippen LogP contribution in [-0.4, -0.2) is 4.57 Å². The van der Waals surface area contributed by atoms with Gasteiger partial charge in [0, 0.05) is 55.7 Å². The Morgan fingerprint density at radius 3 is 1.82 bits per heavy atom. The zero-order valence-electron chi connectivity index (χ0n) is 41.7. The van der Waals surface area contributed by atoms with Gasteiger partial charge in [0.15, 0.2) is 0 Å². The summed E-state index contributed by atoms with van der Waals surface area (Å²) in [7, 11) is 0. The number of hydrogen-bond donors (Lipinski definition) is 0. The first-order valence-electron chi connectivity index (χ1n) is 25.3. The zero-order chi connectivity index (χ0) is 48.8. The van der Waals surface area contributed by atoms with Gasteiger partial charge in [0.25, 0.3) is 0 Å². The number of anilines is 6. The fourth-order valence-corrected chi connectivity index (χ4v) is 10.8. The predicted octanol–water partition coefficient (Wildman–Crippen LogP) is 18.0. The van der Waals surface area contributed by atoms with Gasteiger partial charge in [-0.2, -0.15) is 0 Å². The van der Waals surface area contributed by atoms with Crippen molar-refractivity contribution in [2.45, 2.75) is 19.3 Å². The molecule has 1 aromatic heterocycles. The molecule has 0 bridgehead atoms. The molecule has 0 fully saturated rings. The van der Waals surface area contributed by atoms with Crippen LogP contribution in [0.3, 0.4) is 0 Å². The summed E-state index contributed by atoms with van der Waals surface area (Å²) >= 11 is 0. The lowest BCUT2D eigenvalue weighted by molar-refractivity contribution is 0.660. The largest absolute Gasteiger partial charge is 0.310 e. The highest BCUT2D eigenvalue weighted by molar-refractivity contribution is 6.12. The lowest BCUT2D eigenvalue weighted by Crippen LogP contribution is -2.16. The average Bonchev–Trinajstić information content (AvgIpc) is 3.87. The van der Waals surface area contributed by atoms with Crippen LogP contribution in [0, 0.1) is 0 Å². The summed E-state index contributed by atoms with van der Waals surface area (Å²) in [6.07, 6.45) is 0. The van der Waals surface area contributed by atoms with Crippen LogP contribution < -0.4 is 9.80 Å². The van der Waals surface area contributed by atoms with Gasteiger partial charge in [-0.3, -0.25) is 0 Å². The van der Waals surface area contributed by atoms with Gasteiger partial charge in [-0.05, 0) is 140 Å². The van der Waals surface area contributed by atoms with E-state index in [4.69, 9.17) is 0 Å². The van der Waals surface area contributed by atoms with Crippen LogP contribution in [0.15, 0.2) is 249 Å². The summed E-state index contributed by atoms with van der Waals surface area (Å²) in [6.45, 7) is 4.62. The van der Waals surface area contributed by atoms with Gasteiger partial charge in [0.1, 0.15) is 0 Å². The highest BCUT2D eigenvalue weighted by Crippen LogP contribution is 2.52. The van der Waals surface area contributed by atoms with E-state index in [1.54, 1.807) is 0 Å².